The van der Waals surface area contributed by atoms with E-state index in [1.165, 1.54) is 19.4 Å². The Balaban J connectivity index is 1.80. The zero-order chi connectivity index (χ0) is 22.2. The van der Waals surface area contributed by atoms with E-state index >= 15 is 0 Å². The maximum atomic E-state index is 11.7. The smallest absolute Gasteiger partial charge is 0.315 e. The normalized spacial score (nSPS) is 10.7. The Hall–Kier alpha value is -4.07. The molecule has 160 valence electrons. The number of nitrogens with one attached hydrogen (secondary N) is 1. The zero-order valence-corrected chi connectivity index (χ0v) is 17.5. The molecular formula is C23H23N3O5. The summed E-state index contributed by atoms with van der Waals surface area (Å²) in [6, 6.07) is 18.0. The number of rotatable bonds is 9. The molecule has 0 aliphatic carbocycles. The van der Waals surface area contributed by atoms with Crippen LogP contribution in [-0.2, 0) is 6.61 Å². The molecule has 0 atom stereocenters. The molecule has 0 heterocycles. The Bertz CT molecular complexity index is 1080. The van der Waals surface area contributed by atoms with Crippen LogP contribution in [0.3, 0.4) is 0 Å². The lowest BCUT2D eigenvalue weighted by atomic mass is 10.1. The van der Waals surface area contributed by atoms with Crippen LogP contribution in [0.25, 0.3) is 0 Å². The SMILES string of the molecule is COc1ccc(N/N=C/c2cc(OC)c(OCc3cccc(C)c3)c([N+](=O)[O-])c2)cc1. The molecule has 0 saturated heterocycles. The number of aryl methyl sites for hydroxylation is 1. The number of hydrazone groups is 1. The summed E-state index contributed by atoms with van der Waals surface area (Å²) in [4.78, 5) is 11.2. The molecule has 8 nitrogen and oxygen atoms in total. The minimum atomic E-state index is -0.498. The number of nitrogens with zero attached hydrogens (tertiary/aromatic N) is 2. The fraction of sp³-hybridized carbons (Fsp3) is 0.174. The predicted molar refractivity (Wildman–Crippen MR) is 119 cm³/mol. The van der Waals surface area contributed by atoms with Gasteiger partial charge in [0.2, 0.25) is 5.75 Å². The quantitative estimate of drug-likeness (QED) is 0.299. The van der Waals surface area contributed by atoms with Crippen molar-refractivity contribution in [2.75, 3.05) is 19.6 Å². The van der Waals surface area contributed by atoms with Crippen molar-refractivity contribution in [3.05, 3.63) is 87.5 Å². The minimum Gasteiger partial charge on any atom is -0.497 e. The molecule has 1 N–H and O–H groups in total. The molecule has 0 fully saturated rings. The average Bonchev–Trinajstić information content (AvgIpc) is 2.78. The second-order valence-electron chi connectivity index (χ2n) is 6.70. The van der Waals surface area contributed by atoms with E-state index in [1.807, 2.05) is 31.2 Å². The lowest BCUT2D eigenvalue weighted by molar-refractivity contribution is -0.386. The van der Waals surface area contributed by atoms with Crippen LogP contribution in [0, 0.1) is 17.0 Å². The first-order valence-corrected chi connectivity index (χ1v) is 9.48. The molecule has 8 heteroatoms. The Morgan fingerprint density at radius 3 is 2.48 bits per heavy atom. The summed E-state index contributed by atoms with van der Waals surface area (Å²) in [6.07, 6.45) is 1.48. The Labute approximate surface area is 180 Å². The van der Waals surface area contributed by atoms with E-state index in [2.05, 4.69) is 10.5 Å². The number of hydrogen-bond acceptors (Lipinski definition) is 7. The molecule has 0 unspecified atom stereocenters. The second-order valence-corrected chi connectivity index (χ2v) is 6.70. The Morgan fingerprint density at radius 1 is 1.06 bits per heavy atom. The van der Waals surface area contributed by atoms with Crippen LogP contribution in [0.2, 0.25) is 0 Å². The van der Waals surface area contributed by atoms with Crippen molar-refractivity contribution < 1.29 is 19.1 Å². The van der Waals surface area contributed by atoms with Gasteiger partial charge in [-0.15, -0.1) is 0 Å². The van der Waals surface area contributed by atoms with Crippen molar-refractivity contribution in [3.8, 4) is 17.2 Å². The van der Waals surface area contributed by atoms with Gasteiger partial charge in [0.25, 0.3) is 0 Å². The highest BCUT2D eigenvalue weighted by atomic mass is 16.6. The van der Waals surface area contributed by atoms with Crippen LogP contribution < -0.4 is 19.6 Å². The van der Waals surface area contributed by atoms with Crippen LogP contribution in [0.15, 0.2) is 65.8 Å². The molecular weight excluding hydrogens is 398 g/mol. The molecule has 3 rings (SSSR count). The summed E-state index contributed by atoms with van der Waals surface area (Å²) in [5.41, 5.74) is 5.90. The van der Waals surface area contributed by atoms with Crippen LogP contribution >= 0.6 is 0 Å². The average molecular weight is 421 g/mol. The van der Waals surface area contributed by atoms with Gasteiger partial charge in [0.15, 0.2) is 5.75 Å². The minimum absolute atomic E-state index is 0.0780. The third kappa shape index (κ3) is 5.72. The van der Waals surface area contributed by atoms with Gasteiger partial charge < -0.3 is 14.2 Å². The molecule has 31 heavy (non-hydrogen) atoms. The third-order valence-corrected chi connectivity index (χ3v) is 4.44. The Kier molecular flexibility index (Phi) is 7.05. The molecule has 0 saturated carbocycles. The number of nitro benzene ring substituents is 1. The van der Waals surface area contributed by atoms with Gasteiger partial charge >= 0.3 is 5.69 Å². The van der Waals surface area contributed by atoms with E-state index in [0.717, 1.165) is 22.6 Å². The molecule has 0 aliphatic heterocycles. The summed E-state index contributed by atoms with van der Waals surface area (Å²) in [7, 11) is 3.03. The van der Waals surface area contributed by atoms with E-state index in [4.69, 9.17) is 14.2 Å². The molecule has 3 aromatic rings. The molecule has 0 amide bonds. The third-order valence-electron chi connectivity index (χ3n) is 4.44. The lowest BCUT2D eigenvalue weighted by Crippen LogP contribution is -2.03. The van der Waals surface area contributed by atoms with Gasteiger partial charge in [0, 0.05) is 11.6 Å². The van der Waals surface area contributed by atoms with Crippen molar-refractivity contribution >= 4 is 17.6 Å². The molecule has 0 aromatic heterocycles. The van der Waals surface area contributed by atoms with Crippen molar-refractivity contribution in [3.63, 3.8) is 0 Å². The van der Waals surface area contributed by atoms with Gasteiger partial charge in [-0.3, -0.25) is 15.5 Å². The lowest BCUT2D eigenvalue weighted by Gasteiger charge is -2.12. The van der Waals surface area contributed by atoms with Gasteiger partial charge in [0.1, 0.15) is 12.4 Å². The first-order valence-electron chi connectivity index (χ1n) is 9.48. The largest absolute Gasteiger partial charge is 0.497 e. The first-order chi connectivity index (χ1) is 15.0. The van der Waals surface area contributed by atoms with E-state index < -0.39 is 4.92 Å². The number of anilines is 1. The molecule has 0 spiro atoms. The topological polar surface area (TPSA) is 95.2 Å². The first kappa shape index (κ1) is 21.6. The van der Waals surface area contributed by atoms with Crippen molar-refractivity contribution in [2.45, 2.75) is 13.5 Å². The summed E-state index contributed by atoms with van der Waals surface area (Å²) in [5.74, 6) is 1.07. The summed E-state index contributed by atoms with van der Waals surface area (Å²) in [6.45, 7) is 2.16. The number of ether oxygens (including phenoxy) is 3. The van der Waals surface area contributed by atoms with Gasteiger partial charge in [-0.2, -0.15) is 5.10 Å². The number of hydrogen-bond donors (Lipinski definition) is 1. The van der Waals surface area contributed by atoms with Gasteiger partial charge in [-0.05, 0) is 42.8 Å². The number of benzene rings is 3. The highest BCUT2D eigenvalue weighted by Crippen LogP contribution is 2.38. The number of nitro groups is 1. The van der Waals surface area contributed by atoms with Crippen molar-refractivity contribution in [1.82, 2.24) is 0 Å². The van der Waals surface area contributed by atoms with E-state index in [9.17, 15) is 10.1 Å². The fourth-order valence-electron chi connectivity index (χ4n) is 2.92. The summed E-state index contributed by atoms with van der Waals surface area (Å²) < 4.78 is 16.2. The van der Waals surface area contributed by atoms with E-state index in [1.54, 1.807) is 37.4 Å². The number of methoxy groups -OCH3 is 2. The predicted octanol–water partition coefficient (Wildman–Crippen LogP) is 4.95. The standard InChI is InChI=1S/C23H23N3O5/c1-16-5-4-6-17(11-16)15-31-23-21(26(27)28)12-18(13-22(23)30-3)14-24-25-19-7-9-20(29-2)10-8-19/h4-14,25H,15H2,1-3H3/b24-14+. The van der Waals surface area contributed by atoms with Crippen molar-refractivity contribution in [2.24, 2.45) is 5.10 Å². The monoisotopic (exact) mass is 421 g/mol. The van der Waals surface area contributed by atoms with Crippen molar-refractivity contribution in [1.29, 1.82) is 0 Å². The van der Waals surface area contributed by atoms with Crippen LogP contribution in [-0.4, -0.2) is 25.4 Å². The summed E-state index contributed by atoms with van der Waals surface area (Å²) in [5, 5.41) is 15.8. The van der Waals surface area contributed by atoms with Gasteiger partial charge in [-0.1, -0.05) is 29.8 Å². The van der Waals surface area contributed by atoms with E-state index in [0.29, 0.717) is 5.56 Å². The molecule has 0 aliphatic rings. The van der Waals surface area contributed by atoms with Gasteiger partial charge in [0.05, 0.1) is 31.0 Å². The van der Waals surface area contributed by atoms with Crippen LogP contribution in [0.1, 0.15) is 16.7 Å². The maximum Gasteiger partial charge on any atom is 0.315 e. The molecule has 3 aromatic carbocycles. The zero-order valence-electron chi connectivity index (χ0n) is 17.5. The molecule has 0 bridgehead atoms. The highest BCUT2D eigenvalue weighted by Gasteiger charge is 2.22. The molecule has 0 radical (unpaired) electrons. The maximum absolute atomic E-state index is 11.7. The Morgan fingerprint density at radius 2 is 1.84 bits per heavy atom. The van der Waals surface area contributed by atoms with Crippen LogP contribution in [0.4, 0.5) is 11.4 Å². The highest BCUT2D eigenvalue weighted by molar-refractivity contribution is 5.83. The van der Waals surface area contributed by atoms with Crippen LogP contribution in [0.5, 0.6) is 17.2 Å². The summed E-state index contributed by atoms with van der Waals surface area (Å²) >= 11 is 0. The fourth-order valence-corrected chi connectivity index (χ4v) is 2.92. The van der Waals surface area contributed by atoms with E-state index in [-0.39, 0.29) is 23.8 Å². The second kappa shape index (κ2) is 10.1. The van der Waals surface area contributed by atoms with Gasteiger partial charge in [-0.25, -0.2) is 0 Å².